The molecule has 0 aromatic carbocycles. The summed E-state index contributed by atoms with van der Waals surface area (Å²) in [5.41, 5.74) is 5.48. The monoisotopic (exact) mass is 177 g/mol. The Kier molecular flexibility index (Phi) is 6.36. The van der Waals surface area contributed by atoms with E-state index in [9.17, 15) is 4.79 Å². The van der Waals surface area contributed by atoms with Gasteiger partial charge in [0.1, 0.15) is 0 Å². The van der Waals surface area contributed by atoms with Crippen LogP contribution in [0.4, 0.5) is 0 Å². The molecule has 0 aliphatic rings. The molecule has 0 aliphatic carbocycles. The van der Waals surface area contributed by atoms with Gasteiger partial charge >= 0.3 is 5.97 Å². The molecule has 4 heteroatoms. The molecule has 3 nitrogen and oxygen atoms in total. The van der Waals surface area contributed by atoms with Gasteiger partial charge < -0.3 is 10.5 Å². The fraction of sp³-hybridized carbons (Fsp3) is 0.857. The van der Waals surface area contributed by atoms with Gasteiger partial charge in [0.25, 0.3) is 0 Å². The van der Waals surface area contributed by atoms with Gasteiger partial charge in [-0.2, -0.15) is 0 Å². The van der Waals surface area contributed by atoms with Gasteiger partial charge in [0.15, 0.2) is 0 Å². The molecule has 0 radical (unpaired) electrons. The normalized spacial score (nSPS) is 12.6. The predicted octanol–water partition coefficient (Wildman–Crippen LogP) is 0.630. The number of carbonyl (C=O) groups excluding carboxylic acids is 1. The molecule has 0 aromatic heterocycles. The molecule has 0 aliphatic heterocycles. The lowest BCUT2D eigenvalue weighted by atomic mass is 10.4. The molecule has 1 unspecified atom stereocenters. The Morgan fingerprint density at radius 2 is 2.36 bits per heavy atom. The number of thioether (sulfide) groups is 1. The first kappa shape index (κ1) is 10.8. The summed E-state index contributed by atoms with van der Waals surface area (Å²) in [6.45, 7) is 4.17. The first-order valence-electron chi connectivity index (χ1n) is 3.65. The summed E-state index contributed by atoms with van der Waals surface area (Å²) in [5, 5.41) is 0. The lowest BCUT2D eigenvalue weighted by molar-refractivity contribution is -0.139. The van der Waals surface area contributed by atoms with Crippen LogP contribution in [0.5, 0.6) is 0 Å². The van der Waals surface area contributed by atoms with Crippen molar-refractivity contribution in [1.82, 2.24) is 0 Å². The maximum absolute atomic E-state index is 10.7. The molecular formula is C7H15NO2S. The number of ether oxygens (including phenoxy) is 1. The standard InChI is InChI=1S/C7H15NO2S/c1-3-10-7(9)5-11-4-6(2)8/h6H,3-5,8H2,1-2H3. The highest BCUT2D eigenvalue weighted by Gasteiger charge is 2.01. The van der Waals surface area contributed by atoms with Crippen LogP contribution in [0.1, 0.15) is 13.8 Å². The maximum Gasteiger partial charge on any atom is 0.315 e. The molecule has 0 fully saturated rings. The van der Waals surface area contributed by atoms with Crippen LogP contribution in [0.25, 0.3) is 0 Å². The molecule has 1 atom stereocenters. The van der Waals surface area contributed by atoms with Crippen LogP contribution in [-0.4, -0.2) is 30.1 Å². The van der Waals surface area contributed by atoms with Gasteiger partial charge in [-0.3, -0.25) is 4.79 Å². The number of hydrogen-bond acceptors (Lipinski definition) is 4. The average Bonchev–Trinajstić information content (AvgIpc) is 1.87. The second-order valence-corrected chi connectivity index (χ2v) is 3.33. The van der Waals surface area contributed by atoms with Crippen molar-refractivity contribution in [3.63, 3.8) is 0 Å². The lowest BCUT2D eigenvalue weighted by Gasteiger charge is -2.03. The highest BCUT2D eigenvalue weighted by Crippen LogP contribution is 2.01. The third-order valence-electron chi connectivity index (χ3n) is 0.906. The molecule has 0 amide bonds. The lowest BCUT2D eigenvalue weighted by Crippen LogP contribution is -2.19. The molecule has 0 saturated heterocycles. The van der Waals surface area contributed by atoms with Gasteiger partial charge in [-0.1, -0.05) is 0 Å². The summed E-state index contributed by atoms with van der Waals surface area (Å²) in [5.74, 6) is 1.06. The molecule has 11 heavy (non-hydrogen) atoms. The topological polar surface area (TPSA) is 52.3 Å². The quantitative estimate of drug-likeness (QED) is 0.626. The number of nitrogens with two attached hydrogens (primary N) is 1. The minimum atomic E-state index is -0.154. The molecular weight excluding hydrogens is 162 g/mol. The largest absolute Gasteiger partial charge is 0.465 e. The zero-order chi connectivity index (χ0) is 8.69. The van der Waals surface area contributed by atoms with Crippen LogP contribution in [0.3, 0.4) is 0 Å². The van der Waals surface area contributed by atoms with Crippen LogP contribution in [0.15, 0.2) is 0 Å². The summed E-state index contributed by atoms with van der Waals surface area (Å²) < 4.78 is 4.72. The Morgan fingerprint density at radius 1 is 1.73 bits per heavy atom. The molecule has 0 saturated carbocycles. The number of rotatable bonds is 5. The van der Waals surface area contributed by atoms with Crippen LogP contribution in [0.2, 0.25) is 0 Å². The third kappa shape index (κ3) is 7.68. The van der Waals surface area contributed by atoms with Gasteiger partial charge in [-0.15, -0.1) is 11.8 Å². The number of hydrogen-bond donors (Lipinski definition) is 1. The van der Waals surface area contributed by atoms with Crippen molar-refractivity contribution in [2.75, 3.05) is 18.1 Å². The smallest absolute Gasteiger partial charge is 0.315 e. The Hall–Kier alpha value is -0.220. The third-order valence-corrected chi connectivity index (χ3v) is 2.11. The van der Waals surface area contributed by atoms with E-state index in [4.69, 9.17) is 10.5 Å². The van der Waals surface area contributed by atoms with Crippen LogP contribution >= 0.6 is 11.8 Å². The van der Waals surface area contributed by atoms with Crippen LogP contribution in [-0.2, 0) is 9.53 Å². The predicted molar refractivity (Wildman–Crippen MR) is 47.6 cm³/mol. The SMILES string of the molecule is CCOC(=O)CSCC(C)N. The number of esters is 1. The summed E-state index contributed by atoms with van der Waals surface area (Å²) >= 11 is 1.51. The van der Waals surface area contributed by atoms with E-state index in [2.05, 4.69) is 0 Å². The van der Waals surface area contributed by atoms with E-state index in [1.807, 2.05) is 6.92 Å². The molecule has 0 bridgehead atoms. The van der Waals surface area contributed by atoms with E-state index in [0.717, 1.165) is 5.75 Å². The molecule has 2 N–H and O–H groups in total. The van der Waals surface area contributed by atoms with Crippen molar-refractivity contribution in [1.29, 1.82) is 0 Å². The second-order valence-electron chi connectivity index (χ2n) is 2.30. The van der Waals surface area contributed by atoms with E-state index in [1.54, 1.807) is 6.92 Å². The Morgan fingerprint density at radius 3 is 2.82 bits per heavy atom. The van der Waals surface area contributed by atoms with Gasteiger partial charge in [0.05, 0.1) is 12.4 Å². The average molecular weight is 177 g/mol. The minimum Gasteiger partial charge on any atom is -0.465 e. The zero-order valence-electron chi connectivity index (χ0n) is 7.00. The summed E-state index contributed by atoms with van der Waals surface area (Å²) in [6.07, 6.45) is 0. The minimum absolute atomic E-state index is 0.148. The van der Waals surface area contributed by atoms with E-state index < -0.39 is 0 Å². The van der Waals surface area contributed by atoms with Gasteiger partial charge in [0.2, 0.25) is 0 Å². The highest BCUT2D eigenvalue weighted by molar-refractivity contribution is 7.99. The first-order valence-corrected chi connectivity index (χ1v) is 4.81. The van der Waals surface area contributed by atoms with Crippen molar-refractivity contribution < 1.29 is 9.53 Å². The van der Waals surface area contributed by atoms with Crippen molar-refractivity contribution in [2.45, 2.75) is 19.9 Å². The fourth-order valence-electron chi connectivity index (χ4n) is 0.531. The maximum atomic E-state index is 10.7. The highest BCUT2D eigenvalue weighted by atomic mass is 32.2. The van der Waals surface area contributed by atoms with Crippen LogP contribution < -0.4 is 5.73 Å². The zero-order valence-corrected chi connectivity index (χ0v) is 7.82. The van der Waals surface area contributed by atoms with Crippen molar-refractivity contribution >= 4 is 17.7 Å². The second kappa shape index (κ2) is 6.49. The van der Waals surface area contributed by atoms with Crippen LogP contribution in [0, 0.1) is 0 Å². The van der Waals surface area contributed by atoms with E-state index >= 15 is 0 Å². The van der Waals surface area contributed by atoms with E-state index in [0.29, 0.717) is 12.4 Å². The molecule has 0 rings (SSSR count). The summed E-state index contributed by atoms with van der Waals surface area (Å²) in [6, 6.07) is 0.148. The van der Waals surface area contributed by atoms with Crippen molar-refractivity contribution in [3.05, 3.63) is 0 Å². The summed E-state index contributed by atoms with van der Waals surface area (Å²) in [4.78, 5) is 10.7. The molecule has 0 heterocycles. The van der Waals surface area contributed by atoms with Crippen molar-refractivity contribution in [3.8, 4) is 0 Å². The first-order chi connectivity index (χ1) is 5.16. The van der Waals surface area contributed by atoms with Gasteiger partial charge in [-0.25, -0.2) is 0 Å². The molecule has 66 valence electrons. The Labute approximate surface area is 71.7 Å². The fourth-order valence-corrected chi connectivity index (χ4v) is 1.27. The Balaban J connectivity index is 3.17. The number of carbonyl (C=O) groups is 1. The summed E-state index contributed by atoms with van der Waals surface area (Å²) in [7, 11) is 0. The van der Waals surface area contributed by atoms with Gasteiger partial charge in [0, 0.05) is 11.8 Å². The van der Waals surface area contributed by atoms with Gasteiger partial charge in [-0.05, 0) is 13.8 Å². The molecule has 0 aromatic rings. The van der Waals surface area contributed by atoms with E-state index in [-0.39, 0.29) is 12.0 Å². The molecule has 0 spiro atoms. The Bertz CT molecular complexity index is 117. The van der Waals surface area contributed by atoms with Crippen molar-refractivity contribution in [2.24, 2.45) is 5.73 Å². The van der Waals surface area contributed by atoms with E-state index in [1.165, 1.54) is 11.8 Å².